The molecule has 1 aromatic carbocycles. The Morgan fingerprint density at radius 2 is 1.85 bits per heavy atom. The van der Waals surface area contributed by atoms with E-state index in [1.165, 1.54) is 0 Å². The molecule has 0 saturated carbocycles. The van der Waals surface area contributed by atoms with E-state index < -0.39 is 0 Å². The van der Waals surface area contributed by atoms with Gasteiger partial charge in [-0.2, -0.15) is 11.3 Å². The molecule has 0 N–H and O–H groups in total. The monoisotopic (exact) mass is 385 g/mol. The minimum atomic E-state index is -0.155. The molecule has 1 aromatic heterocycles. The number of ketones is 1. The summed E-state index contributed by atoms with van der Waals surface area (Å²) >= 11 is 7.62. The van der Waals surface area contributed by atoms with Crippen molar-refractivity contribution < 1.29 is 9.59 Å². The predicted molar refractivity (Wildman–Crippen MR) is 106 cm³/mol. The number of Topliss-reactive ketones (excluding diaryl/α,β-unsaturated/α-hetero) is 1. The molecule has 0 spiro atoms. The molecule has 2 aromatic rings. The van der Waals surface area contributed by atoms with Gasteiger partial charge in [-0.25, -0.2) is 0 Å². The van der Waals surface area contributed by atoms with Crippen LogP contribution in [0.5, 0.6) is 0 Å². The maximum Gasteiger partial charge on any atom is 0.232 e. The molecule has 0 saturated heterocycles. The topological polar surface area (TPSA) is 37.4 Å². The molecule has 1 aliphatic heterocycles. The van der Waals surface area contributed by atoms with Crippen LogP contribution in [-0.4, -0.2) is 11.7 Å². The molecule has 0 bridgehead atoms. The molecular weight excluding hydrogens is 366 g/mol. The molecule has 26 heavy (non-hydrogen) atoms. The Labute approximate surface area is 162 Å². The summed E-state index contributed by atoms with van der Waals surface area (Å²) in [6, 6.07) is 9.29. The lowest BCUT2D eigenvalue weighted by Gasteiger charge is -2.42. The second-order valence-corrected chi connectivity index (χ2v) is 9.04. The first kappa shape index (κ1) is 17.5. The van der Waals surface area contributed by atoms with E-state index in [-0.39, 0.29) is 23.0 Å². The van der Waals surface area contributed by atoms with Crippen molar-refractivity contribution in [3.63, 3.8) is 0 Å². The molecule has 3 nitrogen and oxygen atoms in total. The number of amides is 1. The fourth-order valence-corrected chi connectivity index (χ4v) is 4.90. The third kappa shape index (κ3) is 3.01. The first-order valence-electron chi connectivity index (χ1n) is 8.72. The Morgan fingerprint density at radius 1 is 1.12 bits per heavy atom. The molecule has 2 aliphatic rings. The summed E-state index contributed by atoms with van der Waals surface area (Å²) in [6.07, 6.45) is 1.56. The van der Waals surface area contributed by atoms with E-state index in [0.29, 0.717) is 24.3 Å². The normalized spacial score (nSPS) is 22.6. The Bertz CT molecular complexity index is 897. The second kappa shape index (κ2) is 6.36. The number of thiophene rings is 1. The maximum atomic E-state index is 13.1. The van der Waals surface area contributed by atoms with Crippen molar-refractivity contribution in [2.75, 3.05) is 4.90 Å². The average molecular weight is 386 g/mol. The number of halogens is 1. The first-order valence-corrected chi connectivity index (χ1v) is 10.0. The summed E-state index contributed by atoms with van der Waals surface area (Å²) in [6.45, 7) is 4.18. The van der Waals surface area contributed by atoms with E-state index in [1.54, 1.807) is 28.4 Å². The third-order valence-corrected chi connectivity index (χ3v) is 6.13. The predicted octanol–water partition coefficient (Wildman–Crippen LogP) is 5.57. The Hall–Kier alpha value is -1.91. The lowest BCUT2D eigenvalue weighted by atomic mass is 9.69. The van der Waals surface area contributed by atoms with E-state index in [4.69, 9.17) is 11.6 Å². The molecule has 0 fully saturated rings. The third-order valence-electron chi connectivity index (χ3n) is 5.17. The van der Waals surface area contributed by atoms with E-state index in [1.807, 2.05) is 29.0 Å². The summed E-state index contributed by atoms with van der Waals surface area (Å²) in [5.74, 6) is 0.0718. The molecule has 1 amide bonds. The van der Waals surface area contributed by atoms with Gasteiger partial charge in [0.1, 0.15) is 0 Å². The highest BCUT2D eigenvalue weighted by atomic mass is 35.5. The molecule has 134 valence electrons. The number of rotatable bonds is 2. The molecule has 0 radical (unpaired) electrons. The molecular formula is C21H20ClNO2S. The van der Waals surface area contributed by atoms with Crippen LogP contribution in [0.25, 0.3) is 0 Å². The van der Waals surface area contributed by atoms with E-state index in [9.17, 15) is 9.59 Å². The zero-order valence-corrected chi connectivity index (χ0v) is 16.4. The van der Waals surface area contributed by atoms with Crippen LogP contribution in [0.4, 0.5) is 5.69 Å². The van der Waals surface area contributed by atoms with Gasteiger partial charge in [0, 0.05) is 40.7 Å². The number of carbonyl (C=O) groups excluding carboxylic acids is 2. The minimum absolute atomic E-state index is 0.0350. The van der Waals surface area contributed by atoms with Gasteiger partial charge in [0.2, 0.25) is 5.91 Å². The smallest absolute Gasteiger partial charge is 0.232 e. The van der Waals surface area contributed by atoms with Crippen LogP contribution >= 0.6 is 22.9 Å². The van der Waals surface area contributed by atoms with Crippen molar-refractivity contribution in [1.29, 1.82) is 0 Å². The summed E-state index contributed by atoms with van der Waals surface area (Å²) < 4.78 is 0. The van der Waals surface area contributed by atoms with Crippen molar-refractivity contribution in [3.05, 3.63) is 62.9 Å². The fourth-order valence-electron chi connectivity index (χ4n) is 4.06. The van der Waals surface area contributed by atoms with E-state index in [0.717, 1.165) is 22.5 Å². The van der Waals surface area contributed by atoms with Gasteiger partial charge in [0.05, 0.1) is 0 Å². The quantitative estimate of drug-likeness (QED) is 0.678. The summed E-state index contributed by atoms with van der Waals surface area (Å²) in [5.41, 5.74) is 3.37. The van der Waals surface area contributed by atoms with Crippen molar-refractivity contribution in [3.8, 4) is 0 Å². The number of hydrogen-bond acceptors (Lipinski definition) is 3. The van der Waals surface area contributed by atoms with Gasteiger partial charge in [0.25, 0.3) is 0 Å². The fraction of sp³-hybridized carbons (Fsp3) is 0.333. The number of allylic oxidation sites excluding steroid dienone is 2. The van der Waals surface area contributed by atoms with Gasteiger partial charge >= 0.3 is 0 Å². The highest BCUT2D eigenvalue weighted by molar-refractivity contribution is 7.08. The maximum absolute atomic E-state index is 13.1. The molecule has 4 rings (SSSR count). The van der Waals surface area contributed by atoms with Crippen LogP contribution in [0, 0.1) is 5.41 Å². The van der Waals surface area contributed by atoms with Gasteiger partial charge in [-0.1, -0.05) is 25.4 Å². The van der Waals surface area contributed by atoms with E-state index >= 15 is 0 Å². The summed E-state index contributed by atoms with van der Waals surface area (Å²) in [4.78, 5) is 27.9. The Kier molecular flexibility index (Phi) is 4.28. The summed E-state index contributed by atoms with van der Waals surface area (Å²) in [7, 11) is 0. The lowest BCUT2D eigenvalue weighted by molar-refractivity contribution is -0.121. The number of benzene rings is 1. The molecule has 2 heterocycles. The van der Waals surface area contributed by atoms with Gasteiger partial charge in [-0.3, -0.25) is 14.5 Å². The summed E-state index contributed by atoms with van der Waals surface area (Å²) in [5, 5.41) is 4.68. The first-order chi connectivity index (χ1) is 12.4. The molecule has 0 unspecified atom stereocenters. The highest BCUT2D eigenvalue weighted by Gasteiger charge is 2.44. The highest BCUT2D eigenvalue weighted by Crippen LogP contribution is 2.48. The van der Waals surface area contributed by atoms with Crippen molar-refractivity contribution in [1.82, 2.24) is 0 Å². The van der Waals surface area contributed by atoms with Crippen molar-refractivity contribution >= 4 is 40.3 Å². The van der Waals surface area contributed by atoms with Crippen molar-refractivity contribution in [2.45, 2.75) is 39.0 Å². The molecule has 1 atom stereocenters. The zero-order valence-electron chi connectivity index (χ0n) is 14.8. The number of hydrogen-bond donors (Lipinski definition) is 0. The molecule has 1 aliphatic carbocycles. The van der Waals surface area contributed by atoms with E-state index in [2.05, 4.69) is 13.8 Å². The minimum Gasteiger partial charge on any atom is -0.294 e. The average Bonchev–Trinajstić information content (AvgIpc) is 3.08. The lowest BCUT2D eigenvalue weighted by Crippen LogP contribution is -2.43. The van der Waals surface area contributed by atoms with Crippen LogP contribution < -0.4 is 4.90 Å². The number of carbonyl (C=O) groups is 2. The number of anilines is 1. The Morgan fingerprint density at radius 3 is 2.50 bits per heavy atom. The van der Waals surface area contributed by atoms with Crippen molar-refractivity contribution in [2.24, 2.45) is 5.41 Å². The van der Waals surface area contributed by atoms with Crippen LogP contribution in [0.1, 0.15) is 44.6 Å². The largest absolute Gasteiger partial charge is 0.294 e. The molecule has 5 heteroatoms. The number of nitrogens with zero attached hydrogens (tertiary/aromatic N) is 1. The van der Waals surface area contributed by atoms with Crippen LogP contribution in [-0.2, 0) is 9.59 Å². The second-order valence-electron chi connectivity index (χ2n) is 7.82. The SMILES string of the molecule is CC1(C)CC(=O)C2=C(C1)N(c1ccc(Cl)cc1)C(=O)C[C@@H]2c1ccsc1. The van der Waals surface area contributed by atoms with Gasteiger partial charge in [-0.05, 0) is 58.5 Å². The van der Waals surface area contributed by atoms with Gasteiger partial charge in [0.15, 0.2) is 5.78 Å². The van der Waals surface area contributed by atoms with Gasteiger partial charge in [-0.15, -0.1) is 0 Å². The Balaban J connectivity index is 1.89. The van der Waals surface area contributed by atoms with Crippen LogP contribution in [0.3, 0.4) is 0 Å². The standard InChI is InChI=1S/C21H20ClNO2S/c1-21(2)10-17-20(18(24)11-21)16(13-7-8-26-12-13)9-19(25)23(17)15-5-3-14(22)4-6-15/h3-8,12,16H,9-11H2,1-2H3/t16-/m1/s1. The van der Waals surface area contributed by atoms with Crippen LogP contribution in [0.15, 0.2) is 52.4 Å². The zero-order chi connectivity index (χ0) is 18.5. The van der Waals surface area contributed by atoms with Crippen LogP contribution in [0.2, 0.25) is 5.02 Å². The van der Waals surface area contributed by atoms with Gasteiger partial charge < -0.3 is 0 Å².